The third kappa shape index (κ3) is 2.25. The Balaban J connectivity index is 1.55. The molecule has 17 heavy (non-hydrogen) atoms. The van der Waals surface area contributed by atoms with Crippen LogP contribution in [0, 0.1) is 5.92 Å². The van der Waals surface area contributed by atoms with Crippen LogP contribution in [-0.4, -0.2) is 48.3 Å². The number of hydrogen-bond donors (Lipinski definition) is 1. The normalized spacial score (nSPS) is 46.2. The molecule has 5 unspecified atom stereocenters. The van der Waals surface area contributed by atoms with Crippen molar-refractivity contribution in [1.82, 2.24) is 10.2 Å². The van der Waals surface area contributed by atoms with Crippen molar-refractivity contribution in [2.45, 2.75) is 70.4 Å². The average Bonchev–Trinajstić information content (AvgIpc) is 2.95. The molecule has 0 aromatic heterocycles. The molecule has 2 bridgehead atoms. The SMILES string of the molecule is CC1CN(C(C)C)CC1NC1CC2CCC1O2. The van der Waals surface area contributed by atoms with E-state index in [1.54, 1.807) is 0 Å². The minimum atomic E-state index is 0.514. The number of likely N-dealkylation sites (tertiary alicyclic amines) is 1. The van der Waals surface area contributed by atoms with Crippen molar-refractivity contribution in [3.8, 4) is 0 Å². The van der Waals surface area contributed by atoms with Crippen molar-refractivity contribution in [2.75, 3.05) is 13.1 Å². The third-order valence-electron chi connectivity index (χ3n) is 4.91. The van der Waals surface area contributed by atoms with Gasteiger partial charge in [-0.2, -0.15) is 0 Å². The summed E-state index contributed by atoms with van der Waals surface area (Å²) in [7, 11) is 0. The van der Waals surface area contributed by atoms with E-state index in [1.165, 1.54) is 32.4 Å². The molecule has 3 rings (SSSR count). The Morgan fingerprint density at radius 2 is 2.00 bits per heavy atom. The summed E-state index contributed by atoms with van der Waals surface area (Å²) in [4.78, 5) is 2.59. The van der Waals surface area contributed by atoms with Crippen LogP contribution in [0.2, 0.25) is 0 Å². The molecule has 1 N–H and O–H groups in total. The fourth-order valence-corrected chi connectivity index (χ4v) is 3.73. The van der Waals surface area contributed by atoms with Gasteiger partial charge in [-0.25, -0.2) is 0 Å². The third-order valence-corrected chi connectivity index (χ3v) is 4.91. The summed E-state index contributed by atoms with van der Waals surface area (Å²) in [6, 6.07) is 1.99. The summed E-state index contributed by atoms with van der Waals surface area (Å²) in [6.45, 7) is 9.45. The average molecular weight is 238 g/mol. The molecule has 0 spiro atoms. The summed E-state index contributed by atoms with van der Waals surface area (Å²) in [5, 5.41) is 3.88. The number of ether oxygens (including phenoxy) is 1. The highest BCUT2D eigenvalue weighted by molar-refractivity contribution is 4.98. The van der Waals surface area contributed by atoms with Crippen molar-refractivity contribution in [1.29, 1.82) is 0 Å². The molecule has 3 heteroatoms. The van der Waals surface area contributed by atoms with E-state index in [4.69, 9.17) is 4.74 Å². The number of hydrogen-bond acceptors (Lipinski definition) is 3. The zero-order chi connectivity index (χ0) is 12.0. The van der Waals surface area contributed by atoms with Gasteiger partial charge in [0.15, 0.2) is 0 Å². The Morgan fingerprint density at radius 3 is 2.53 bits per heavy atom. The van der Waals surface area contributed by atoms with Crippen molar-refractivity contribution >= 4 is 0 Å². The Morgan fingerprint density at radius 1 is 1.18 bits per heavy atom. The van der Waals surface area contributed by atoms with Crippen LogP contribution in [-0.2, 0) is 4.74 Å². The van der Waals surface area contributed by atoms with Gasteiger partial charge in [-0.05, 0) is 39.0 Å². The van der Waals surface area contributed by atoms with E-state index in [2.05, 4.69) is 31.0 Å². The quantitative estimate of drug-likeness (QED) is 0.809. The molecule has 0 aromatic rings. The first-order valence-electron chi connectivity index (χ1n) is 7.29. The summed E-state index contributed by atoms with van der Waals surface area (Å²) < 4.78 is 5.93. The molecule has 3 saturated heterocycles. The lowest BCUT2D eigenvalue weighted by atomic mass is 9.94. The minimum Gasteiger partial charge on any atom is -0.373 e. The second-order valence-corrected chi connectivity index (χ2v) is 6.51. The standard InChI is InChI=1S/C14H26N2O/c1-9(2)16-7-10(3)13(8-16)15-12-6-11-4-5-14(12)17-11/h9-15H,4-8H2,1-3H3. The van der Waals surface area contributed by atoms with E-state index in [1.807, 2.05) is 0 Å². The van der Waals surface area contributed by atoms with Crippen LogP contribution in [0.5, 0.6) is 0 Å². The van der Waals surface area contributed by atoms with Gasteiger partial charge in [-0.1, -0.05) is 6.92 Å². The van der Waals surface area contributed by atoms with Crippen molar-refractivity contribution in [3.63, 3.8) is 0 Å². The van der Waals surface area contributed by atoms with Crippen molar-refractivity contribution in [3.05, 3.63) is 0 Å². The molecule has 3 aliphatic rings. The number of nitrogens with one attached hydrogen (secondary N) is 1. The van der Waals surface area contributed by atoms with E-state index in [9.17, 15) is 0 Å². The maximum atomic E-state index is 5.93. The second-order valence-electron chi connectivity index (χ2n) is 6.51. The van der Waals surface area contributed by atoms with Crippen LogP contribution >= 0.6 is 0 Å². The van der Waals surface area contributed by atoms with Gasteiger partial charge >= 0.3 is 0 Å². The Labute approximate surface area is 105 Å². The molecule has 0 radical (unpaired) electrons. The summed E-state index contributed by atoms with van der Waals surface area (Å²) in [5.41, 5.74) is 0. The molecule has 3 fully saturated rings. The molecule has 98 valence electrons. The van der Waals surface area contributed by atoms with Gasteiger partial charge in [0.1, 0.15) is 0 Å². The first-order chi connectivity index (χ1) is 8.13. The minimum absolute atomic E-state index is 0.514. The monoisotopic (exact) mass is 238 g/mol. The van der Waals surface area contributed by atoms with Gasteiger partial charge < -0.3 is 10.1 Å². The molecule has 0 saturated carbocycles. The summed E-state index contributed by atoms with van der Waals surface area (Å²) >= 11 is 0. The van der Waals surface area contributed by atoms with Crippen LogP contribution in [0.15, 0.2) is 0 Å². The highest BCUT2D eigenvalue weighted by Gasteiger charge is 2.43. The van der Waals surface area contributed by atoms with Crippen molar-refractivity contribution < 1.29 is 4.74 Å². The molecule has 0 aromatic carbocycles. The van der Waals surface area contributed by atoms with Crippen LogP contribution in [0.1, 0.15) is 40.0 Å². The molecular formula is C14H26N2O. The second kappa shape index (κ2) is 4.52. The Bertz CT molecular complexity index is 281. The lowest BCUT2D eigenvalue weighted by molar-refractivity contribution is 0.0954. The van der Waals surface area contributed by atoms with Crippen LogP contribution < -0.4 is 5.32 Å². The predicted molar refractivity (Wildman–Crippen MR) is 69.1 cm³/mol. The van der Waals surface area contributed by atoms with E-state index in [0.29, 0.717) is 30.3 Å². The fourth-order valence-electron chi connectivity index (χ4n) is 3.73. The highest BCUT2D eigenvalue weighted by Crippen LogP contribution is 2.35. The molecule has 3 aliphatic heterocycles. The number of fused-ring (bicyclic) bond motifs is 2. The first kappa shape index (κ1) is 11.9. The molecule has 3 heterocycles. The largest absolute Gasteiger partial charge is 0.373 e. The zero-order valence-electron chi connectivity index (χ0n) is 11.4. The molecule has 3 nitrogen and oxygen atoms in total. The smallest absolute Gasteiger partial charge is 0.0733 e. The Hall–Kier alpha value is -0.120. The lowest BCUT2D eigenvalue weighted by Crippen LogP contribution is -2.47. The van der Waals surface area contributed by atoms with Gasteiger partial charge in [0.05, 0.1) is 12.2 Å². The molecule has 0 amide bonds. The predicted octanol–water partition coefficient (Wildman–Crippen LogP) is 1.62. The molecular weight excluding hydrogens is 212 g/mol. The topological polar surface area (TPSA) is 24.5 Å². The Kier molecular flexibility index (Phi) is 3.18. The first-order valence-corrected chi connectivity index (χ1v) is 7.29. The van der Waals surface area contributed by atoms with Gasteiger partial charge in [0, 0.05) is 31.2 Å². The summed E-state index contributed by atoms with van der Waals surface area (Å²) in [6.07, 6.45) is 4.89. The lowest BCUT2D eigenvalue weighted by Gasteiger charge is -2.26. The molecule has 5 atom stereocenters. The van der Waals surface area contributed by atoms with Crippen LogP contribution in [0.25, 0.3) is 0 Å². The maximum Gasteiger partial charge on any atom is 0.0733 e. The number of nitrogens with zero attached hydrogens (tertiary/aromatic N) is 1. The van der Waals surface area contributed by atoms with Crippen LogP contribution in [0.4, 0.5) is 0 Å². The van der Waals surface area contributed by atoms with Gasteiger partial charge in [-0.15, -0.1) is 0 Å². The van der Waals surface area contributed by atoms with Gasteiger partial charge in [0.2, 0.25) is 0 Å². The van der Waals surface area contributed by atoms with E-state index >= 15 is 0 Å². The number of rotatable bonds is 3. The summed E-state index contributed by atoms with van der Waals surface area (Å²) in [5.74, 6) is 0.775. The highest BCUT2D eigenvalue weighted by atomic mass is 16.5. The van der Waals surface area contributed by atoms with Gasteiger partial charge in [-0.3, -0.25) is 4.90 Å². The maximum absolute atomic E-state index is 5.93. The fraction of sp³-hybridized carbons (Fsp3) is 1.00. The van der Waals surface area contributed by atoms with E-state index in [-0.39, 0.29) is 0 Å². The molecule has 0 aliphatic carbocycles. The van der Waals surface area contributed by atoms with Gasteiger partial charge in [0.25, 0.3) is 0 Å². The van der Waals surface area contributed by atoms with Crippen LogP contribution in [0.3, 0.4) is 0 Å². The van der Waals surface area contributed by atoms with Crippen molar-refractivity contribution in [2.24, 2.45) is 5.92 Å². The van der Waals surface area contributed by atoms with E-state index < -0.39 is 0 Å². The zero-order valence-corrected chi connectivity index (χ0v) is 11.4. The van der Waals surface area contributed by atoms with E-state index in [0.717, 1.165) is 5.92 Å².